The van der Waals surface area contributed by atoms with Gasteiger partial charge in [0.2, 0.25) is 0 Å². The molecule has 0 aromatic heterocycles. The van der Waals surface area contributed by atoms with E-state index in [1.54, 1.807) is 12.3 Å². The average molecular weight is 273 g/mol. The van der Waals surface area contributed by atoms with Gasteiger partial charge in [-0.3, -0.25) is 5.84 Å². The Bertz CT molecular complexity index is 435. The van der Waals surface area contributed by atoms with Gasteiger partial charge in [-0.25, -0.2) is 5.43 Å². The molecule has 17 heavy (non-hydrogen) atoms. The fraction of sp³-hybridized carbons (Fsp3) is 0.333. The molecular formula is C12H14Cl2N2O. The Morgan fingerprint density at radius 3 is 2.71 bits per heavy atom. The summed E-state index contributed by atoms with van der Waals surface area (Å²) < 4.78 is 5.32. The first-order chi connectivity index (χ1) is 8.22. The number of nitrogens with two attached hydrogens (primary N) is 1. The van der Waals surface area contributed by atoms with E-state index in [0.29, 0.717) is 10.0 Å². The lowest BCUT2D eigenvalue weighted by molar-refractivity contribution is 0.219. The highest BCUT2D eigenvalue weighted by molar-refractivity contribution is 6.42. The van der Waals surface area contributed by atoms with Crippen molar-refractivity contribution < 1.29 is 4.74 Å². The largest absolute Gasteiger partial charge is 0.501 e. The van der Waals surface area contributed by atoms with Crippen LogP contribution in [0.25, 0.3) is 0 Å². The van der Waals surface area contributed by atoms with E-state index >= 15 is 0 Å². The highest BCUT2D eigenvalue weighted by Crippen LogP contribution is 2.31. The lowest BCUT2D eigenvalue weighted by Crippen LogP contribution is -2.30. The Hall–Kier alpha value is -0.740. The summed E-state index contributed by atoms with van der Waals surface area (Å²) >= 11 is 11.9. The Balaban J connectivity index is 2.28. The first-order valence-corrected chi connectivity index (χ1v) is 6.19. The molecule has 92 valence electrons. The number of hydrogen-bond donors (Lipinski definition) is 2. The first-order valence-electron chi connectivity index (χ1n) is 5.44. The summed E-state index contributed by atoms with van der Waals surface area (Å²) in [5, 5.41) is 1.07. The van der Waals surface area contributed by atoms with E-state index in [1.165, 1.54) is 0 Å². The number of ether oxygens (including phenoxy) is 1. The predicted molar refractivity (Wildman–Crippen MR) is 69.8 cm³/mol. The first kappa shape index (κ1) is 12.7. The fourth-order valence-electron chi connectivity index (χ4n) is 1.91. The van der Waals surface area contributed by atoms with E-state index in [1.807, 2.05) is 12.1 Å². The smallest absolute Gasteiger partial charge is 0.0876 e. The van der Waals surface area contributed by atoms with Crippen LogP contribution in [-0.4, -0.2) is 6.61 Å². The molecule has 1 unspecified atom stereocenters. The van der Waals surface area contributed by atoms with Crippen LogP contribution >= 0.6 is 23.2 Å². The predicted octanol–water partition coefficient (Wildman–Crippen LogP) is 3.19. The molecule has 5 heteroatoms. The Morgan fingerprint density at radius 1 is 1.29 bits per heavy atom. The summed E-state index contributed by atoms with van der Waals surface area (Å²) in [7, 11) is 0. The van der Waals surface area contributed by atoms with Crippen LogP contribution < -0.4 is 11.3 Å². The summed E-state index contributed by atoms with van der Waals surface area (Å²) in [4.78, 5) is 0. The zero-order valence-electron chi connectivity index (χ0n) is 9.25. The number of halogens is 2. The van der Waals surface area contributed by atoms with Gasteiger partial charge in [0.25, 0.3) is 0 Å². The van der Waals surface area contributed by atoms with Gasteiger partial charge in [0.05, 0.1) is 29.0 Å². The summed E-state index contributed by atoms with van der Waals surface area (Å²) in [6.07, 6.45) is 3.75. The number of hydrazine groups is 1. The van der Waals surface area contributed by atoms with E-state index < -0.39 is 0 Å². The Labute approximate surface area is 111 Å². The molecule has 1 aliphatic rings. The van der Waals surface area contributed by atoms with Gasteiger partial charge in [0, 0.05) is 0 Å². The van der Waals surface area contributed by atoms with Crippen molar-refractivity contribution in [2.45, 2.75) is 18.9 Å². The van der Waals surface area contributed by atoms with Crippen molar-refractivity contribution >= 4 is 23.2 Å². The van der Waals surface area contributed by atoms with Gasteiger partial charge in [-0.1, -0.05) is 29.3 Å². The van der Waals surface area contributed by atoms with Gasteiger partial charge in [0.15, 0.2) is 0 Å². The second kappa shape index (κ2) is 5.74. The average Bonchev–Trinajstić information content (AvgIpc) is 2.36. The molecule has 1 aromatic rings. The molecule has 0 radical (unpaired) electrons. The quantitative estimate of drug-likeness (QED) is 0.656. The highest BCUT2D eigenvalue weighted by atomic mass is 35.5. The monoisotopic (exact) mass is 272 g/mol. The molecule has 2 rings (SSSR count). The number of nitrogens with one attached hydrogen (secondary N) is 1. The normalized spacial score (nSPS) is 17.2. The van der Waals surface area contributed by atoms with Crippen LogP contribution in [0.15, 0.2) is 30.0 Å². The van der Waals surface area contributed by atoms with E-state index in [4.69, 9.17) is 33.8 Å². The van der Waals surface area contributed by atoms with Crippen LogP contribution in [0.1, 0.15) is 24.4 Å². The minimum Gasteiger partial charge on any atom is -0.501 e. The molecule has 0 fully saturated rings. The van der Waals surface area contributed by atoms with Crippen LogP contribution in [0.4, 0.5) is 0 Å². The van der Waals surface area contributed by atoms with Crippen molar-refractivity contribution in [3.63, 3.8) is 0 Å². The van der Waals surface area contributed by atoms with Gasteiger partial charge in [-0.05, 0) is 36.1 Å². The zero-order valence-corrected chi connectivity index (χ0v) is 10.8. The van der Waals surface area contributed by atoms with E-state index in [2.05, 4.69) is 5.43 Å². The second-order valence-electron chi connectivity index (χ2n) is 3.94. The molecule has 1 aliphatic heterocycles. The standard InChI is InChI=1S/C12H14Cl2N2O/c13-10-4-3-8(6-11(10)14)12(16-15)9-2-1-5-17-7-9/h3-4,6-7,12,16H,1-2,5,15H2. The molecule has 3 nitrogen and oxygen atoms in total. The summed E-state index contributed by atoms with van der Waals surface area (Å²) in [5.41, 5.74) is 4.89. The number of benzene rings is 1. The van der Waals surface area contributed by atoms with E-state index in [-0.39, 0.29) is 6.04 Å². The molecule has 0 aliphatic carbocycles. The van der Waals surface area contributed by atoms with E-state index in [0.717, 1.165) is 30.6 Å². The molecule has 0 saturated carbocycles. The fourth-order valence-corrected chi connectivity index (χ4v) is 2.21. The molecule has 0 amide bonds. The van der Waals surface area contributed by atoms with Crippen LogP contribution in [0.2, 0.25) is 10.0 Å². The minimum atomic E-state index is -0.0786. The minimum absolute atomic E-state index is 0.0786. The maximum absolute atomic E-state index is 6.00. The van der Waals surface area contributed by atoms with Gasteiger partial charge < -0.3 is 4.74 Å². The molecule has 0 saturated heterocycles. The lowest BCUT2D eigenvalue weighted by atomic mass is 9.96. The van der Waals surface area contributed by atoms with Gasteiger partial charge >= 0.3 is 0 Å². The molecule has 1 atom stereocenters. The molecule has 0 bridgehead atoms. The highest BCUT2D eigenvalue weighted by Gasteiger charge is 2.18. The summed E-state index contributed by atoms with van der Waals surface area (Å²) in [6, 6.07) is 5.43. The third-order valence-electron chi connectivity index (χ3n) is 2.78. The topological polar surface area (TPSA) is 47.3 Å². The summed E-state index contributed by atoms with van der Waals surface area (Å²) in [6.45, 7) is 0.766. The number of hydrogen-bond acceptors (Lipinski definition) is 3. The van der Waals surface area contributed by atoms with E-state index in [9.17, 15) is 0 Å². The van der Waals surface area contributed by atoms with Crippen LogP contribution in [0, 0.1) is 0 Å². The molecule has 1 heterocycles. The van der Waals surface area contributed by atoms with Crippen molar-refractivity contribution in [2.75, 3.05) is 6.61 Å². The molecule has 3 N–H and O–H groups in total. The van der Waals surface area contributed by atoms with Crippen LogP contribution in [-0.2, 0) is 4.74 Å². The third-order valence-corrected chi connectivity index (χ3v) is 3.52. The third kappa shape index (κ3) is 2.93. The van der Waals surface area contributed by atoms with Crippen molar-refractivity contribution in [1.29, 1.82) is 0 Å². The van der Waals surface area contributed by atoms with Crippen LogP contribution in [0.3, 0.4) is 0 Å². The molecular weight excluding hydrogens is 259 g/mol. The SMILES string of the molecule is NNC(C1=COCCC1)c1ccc(Cl)c(Cl)c1. The van der Waals surface area contributed by atoms with Gasteiger partial charge in [0.1, 0.15) is 0 Å². The summed E-state index contributed by atoms with van der Waals surface area (Å²) in [5.74, 6) is 5.60. The van der Waals surface area contributed by atoms with Crippen molar-refractivity contribution in [1.82, 2.24) is 5.43 Å². The lowest BCUT2D eigenvalue weighted by Gasteiger charge is -2.23. The molecule has 0 spiro atoms. The van der Waals surface area contributed by atoms with Crippen LogP contribution in [0.5, 0.6) is 0 Å². The van der Waals surface area contributed by atoms with Gasteiger partial charge in [-0.2, -0.15) is 0 Å². The number of rotatable bonds is 3. The van der Waals surface area contributed by atoms with Crippen molar-refractivity contribution in [3.05, 3.63) is 45.6 Å². The maximum atomic E-state index is 6.00. The Kier molecular flexibility index (Phi) is 4.29. The van der Waals surface area contributed by atoms with Crippen molar-refractivity contribution in [2.24, 2.45) is 5.84 Å². The molecule has 1 aromatic carbocycles. The van der Waals surface area contributed by atoms with Gasteiger partial charge in [-0.15, -0.1) is 0 Å². The van der Waals surface area contributed by atoms with Crippen molar-refractivity contribution in [3.8, 4) is 0 Å². The zero-order chi connectivity index (χ0) is 12.3. The Morgan fingerprint density at radius 2 is 2.12 bits per heavy atom. The maximum Gasteiger partial charge on any atom is 0.0876 e. The second-order valence-corrected chi connectivity index (χ2v) is 4.75.